The molecule has 0 saturated carbocycles. The maximum absolute atomic E-state index is 13.2. The molecule has 0 saturated heterocycles. The minimum atomic E-state index is -3.39. The molecule has 104 valence electrons. The molecule has 1 aromatic carbocycles. The standard InChI is InChI=1S/C11H15ClF2N2O.ClH/c1-16(2)7-3-4-8(9(12)5-7)10(15)11(13,14)6-17;/h3-5,10,17H,6,15H2,1-2H3;1H/t10-;/m1./s1. The molecule has 0 radical (unpaired) electrons. The third-order valence-electron chi connectivity index (χ3n) is 2.50. The van der Waals surface area contributed by atoms with Crippen LogP contribution in [0.2, 0.25) is 5.02 Å². The van der Waals surface area contributed by atoms with Crippen molar-refractivity contribution in [1.29, 1.82) is 0 Å². The number of benzene rings is 1. The molecular formula is C11H16Cl2F2N2O. The molecule has 3 nitrogen and oxygen atoms in total. The van der Waals surface area contributed by atoms with Crippen molar-refractivity contribution in [1.82, 2.24) is 0 Å². The largest absolute Gasteiger partial charge is 0.390 e. The molecule has 0 aromatic heterocycles. The van der Waals surface area contributed by atoms with Gasteiger partial charge in [0, 0.05) is 24.8 Å². The first-order chi connectivity index (χ1) is 7.79. The average Bonchev–Trinajstić information content (AvgIpc) is 2.27. The van der Waals surface area contributed by atoms with Gasteiger partial charge in [0.1, 0.15) is 6.61 Å². The molecule has 0 aliphatic carbocycles. The summed E-state index contributed by atoms with van der Waals surface area (Å²) in [5.74, 6) is -3.39. The van der Waals surface area contributed by atoms with Gasteiger partial charge in [-0.1, -0.05) is 17.7 Å². The maximum Gasteiger partial charge on any atom is 0.289 e. The summed E-state index contributed by atoms with van der Waals surface area (Å²) in [5.41, 5.74) is 6.31. The predicted octanol–water partition coefficient (Wildman–Crippen LogP) is 2.46. The van der Waals surface area contributed by atoms with Crippen molar-refractivity contribution in [3.8, 4) is 0 Å². The van der Waals surface area contributed by atoms with Crippen LogP contribution in [0.15, 0.2) is 18.2 Å². The highest BCUT2D eigenvalue weighted by atomic mass is 35.5. The molecule has 0 amide bonds. The van der Waals surface area contributed by atoms with Gasteiger partial charge in [-0.25, -0.2) is 8.78 Å². The summed E-state index contributed by atoms with van der Waals surface area (Å²) in [6, 6.07) is 3.04. The van der Waals surface area contributed by atoms with E-state index in [0.717, 1.165) is 5.69 Å². The Hall–Kier alpha value is -0.620. The maximum atomic E-state index is 13.2. The van der Waals surface area contributed by atoms with Crippen molar-refractivity contribution in [2.45, 2.75) is 12.0 Å². The Morgan fingerprint density at radius 3 is 2.39 bits per heavy atom. The second-order valence-corrected chi connectivity index (χ2v) is 4.40. The van der Waals surface area contributed by atoms with Gasteiger partial charge in [-0.05, 0) is 17.7 Å². The van der Waals surface area contributed by atoms with Gasteiger partial charge >= 0.3 is 0 Å². The Balaban J connectivity index is 0.00000289. The third kappa shape index (κ3) is 3.68. The smallest absolute Gasteiger partial charge is 0.289 e. The van der Waals surface area contributed by atoms with E-state index in [1.807, 2.05) is 14.1 Å². The van der Waals surface area contributed by atoms with Crippen LogP contribution in [-0.2, 0) is 0 Å². The first kappa shape index (κ1) is 17.4. The first-order valence-electron chi connectivity index (χ1n) is 5.00. The zero-order chi connectivity index (χ0) is 13.2. The lowest BCUT2D eigenvalue weighted by Crippen LogP contribution is -2.36. The summed E-state index contributed by atoms with van der Waals surface area (Å²) >= 11 is 5.91. The van der Waals surface area contributed by atoms with Crippen molar-refractivity contribution < 1.29 is 13.9 Å². The number of hydrogen-bond acceptors (Lipinski definition) is 3. The molecule has 0 unspecified atom stereocenters. The molecule has 1 aromatic rings. The van der Waals surface area contributed by atoms with Crippen LogP contribution >= 0.6 is 24.0 Å². The molecule has 0 bridgehead atoms. The average molecular weight is 301 g/mol. The van der Waals surface area contributed by atoms with Crippen LogP contribution in [0.5, 0.6) is 0 Å². The fourth-order valence-electron chi connectivity index (χ4n) is 1.37. The molecule has 0 aliphatic heterocycles. The molecule has 0 heterocycles. The quantitative estimate of drug-likeness (QED) is 0.898. The lowest BCUT2D eigenvalue weighted by atomic mass is 10.0. The number of hydrogen-bond donors (Lipinski definition) is 2. The van der Waals surface area contributed by atoms with Crippen molar-refractivity contribution in [3.63, 3.8) is 0 Å². The monoisotopic (exact) mass is 300 g/mol. The molecule has 0 spiro atoms. The molecule has 0 aliphatic rings. The second-order valence-electron chi connectivity index (χ2n) is 4.00. The number of nitrogens with two attached hydrogens (primary N) is 1. The van der Waals surface area contributed by atoms with E-state index in [4.69, 9.17) is 22.4 Å². The van der Waals surface area contributed by atoms with E-state index >= 15 is 0 Å². The SMILES string of the molecule is CN(C)c1ccc([C@@H](N)C(F)(F)CO)c(Cl)c1.Cl. The van der Waals surface area contributed by atoms with Crippen molar-refractivity contribution in [2.24, 2.45) is 5.73 Å². The predicted molar refractivity (Wildman–Crippen MR) is 72.0 cm³/mol. The van der Waals surface area contributed by atoms with Gasteiger partial charge in [-0.15, -0.1) is 12.4 Å². The van der Waals surface area contributed by atoms with Crippen LogP contribution < -0.4 is 10.6 Å². The highest BCUT2D eigenvalue weighted by Gasteiger charge is 2.38. The minimum Gasteiger partial charge on any atom is -0.390 e. The van der Waals surface area contributed by atoms with Crippen LogP contribution in [0.25, 0.3) is 0 Å². The summed E-state index contributed by atoms with van der Waals surface area (Å²) in [4.78, 5) is 1.80. The van der Waals surface area contributed by atoms with Gasteiger partial charge in [0.05, 0.1) is 6.04 Å². The highest BCUT2D eigenvalue weighted by Crippen LogP contribution is 2.34. The summed E-state index contributed by atoms with van der Waals surface area (Å²) in [5, 5.41) is 8.74. The Morgan fingerprint density at radius 2 is 2.00 bits per heavy atom. The Bertz CT molecular complexity index is 403. The van der Waals surface area contributed by atoms with E-state index in [1.54, 1.807) is 17.0 Å². The van der Waals surface area contributed by atoms with Gasteiger partial charge in [-0.3, -0.25) is 0 Å². The summed E-state index contributed by atoms with van der Waals surface area (Å²) in [6.45, 7) is -1.31. The molecule has 1 atom stereocenters. The van der Waals surface area contributed by atoms with E-state index in [9.17, 15) is 8.78 Å². The van der Waals surface area contributed by atoms with Crippen molar-refractivity contribution in [2.75, 3.05) is 25.6 Å². The number of anilines is 1. The Labute approximate surface area is 116 Å². The molecule has 0 fully saturated rings. The summed E-state index contributed by atoms with van der Waals surface area (Å²) in [6.07, 6.45) is 0. The fourth-order valence-corrected chi connectivity index (χ4v) is 1.66. The Morgan fingerprint density at radius 1 is 1.44 bits per heavy atom. The third-order valence-corrected chi connectivity index (χ3v) is 2.83. The highest BCUT2D eigenvalue weighted by molar-refractivity contribution is 6.31. The zero-order valence-corrected chi connectivity index (χ0v) is 11.6. The molecule has 18 heavy (non-hydrogen) atoms. The molecule has 1 rings (SSSR count). The molecule has 3 N–H and O–H groups in total. The number of aliphatic hydroxyl groups excluding tert-OH is 1. The number of halogens is 4. The number of nitrogens with zero attached hydrogens (tertiary/aromatic N) is 1. The topological polar surface area (TPSA) is 49.5 Å². The summed E-state index contributed by atoms with van der Waals surface area (Å²) in [7, 11) is 3.63. The Kier molecular flexibility index (Phi) is 6.29. The number of rotatable bonds is 4. The first-order valence-corrected chi connectivity index (χ1v) is 5.38. The zero-order valence-electron chi connectivity index (χ0n) is 10.0. The van der Waals surface area contributed by atoms with E-state index in [2.05, 4.69) is 0 Å². The lowest BCUT2D eigenvalue weighted by molar-refractivity contribution is -0.0711. The van der Waals surface area contributed by atoms with Crippen LogP contribution in [0.1, 0.15) is 11.6 Å². The minimum absolute atomic E-state index is 0. The van der Waals surface area contributed by atoms with Crippen LogP contribution in [0.3, 0.4) is 0 Å². The van der Waals surface area contributed by atoms with Crippen LogP contribution in [0, 0.1) is 0 Å². The van der Waals surface area contributed by atoms with E-state index in [0.29, 0.717) is 0 Å². The normalized spacial score (nSPS) is 12.8. The number of aliphatic hydroxyl groups is 1. The van der Waals surface area contributed by atoms with Crippen molar-refractivity contribution >= 4 is 29.7 Å². The van der Waals surface area contributed by atoms with Gasteiger partial charge in [-0.2, -0.15) is 0 Å². The van der Waals surface area contributed by atoms with E-state index in [1.165, 1.54) is 6.07 Å². The van der Waals surface area contributed by atoms with Gasteiger partial charge in [0.15, 0.2) is 0 Å². The second kappa shape index (κ2) is 6.52. The van der Waals surface area contributed by atoms with Crippen LogP contribution in [0.4, 0.5) is 14.5 Å². The van der Waals surface area contributed by atoms with Gasteiger partial charge in [0.2, 0.25) is 0 Å². The van der Waals surface area contributed by atoms with Crippen LogP contribution in [-0.4, -0.2) is 31.7 Å². The van der Waals surface area contributed by atoms with Gasteiger partial charge < -0.3 is 15.7 Å². The number of alkyl halides is 2. The lowest BCUT2D eigenvalue weighted by Gasteiger charge is -2.23. The van der Waals surface area contributed by atoms with E-state index in [-0.39, 0.29) is 23.0 Å². The van der Waals surface area contributed by atoms with E-state index < -0.39 is 18.6 Å². The fraction of sp³-hybridized carbons (Fsp3) is 0.455. The summed E-state index contributed by atoms with van der Waals surface area (Å²) < 4.78 is 26.5. The molecule has 7 heteroatoms. The van der Waals surface area contributed by atoms with Crippen molar-refractivity contribution in [3.05, 3.63) is 28.8 Å². The van der Waals surface area contributed by atoms with Gasteiger partial charge in [0.25, 0.3) is 5.92 Å². The molecular weight excluding hydrogens is 285 g/mol.